The lowest BCUT2D eigenvalue weighted by atomic mass is 10.3. The third-order valence-electron chi connectivity index (χ3n) is 2.61. The van der Waals surface area contributed by atoms with E-state index in [9.17, 15) is 9.59 Å². The van der Waals surface area contributed by atoms with Crippen molar-refractivity contribution in [2.75, 3.05) is 0 Å². The second-order valence-electron chi connectivity index (χ2n) is 3.84. The fourth-order valence-corrected chi connectivity index (χ4v) is 3.74. The van der Waals surface area contributed by atoms with Crippen LogP contribution in [0.4, 0.5) is 0 Å². The molecule has 0 unspecified atom stereocenters. The fourth-order valence-electron chi connectivity index (χ4n) is 1.70. The van der Waals surface area contributed by atoms with Crippen molar-refractivity contribution in [1.82, 2.24) is 9.55 Å². The van der Waals surface area contributed by atoms with Crippen LogP contribution in [0.1, 0.15) is 9.67 Å². The Morgan fingerprint density at radius 2 is 2.21 bits per heavy atom. The number of halogens is 1. The molecule has 0 saturated carbocycles. The summed E-state index contributed by atoms with van der Waals surface area (Å²) in [6.07, 6.45) is 1.43. The number of aromatic nitrogens is 2. The minimum atomic E-state index is -0.171. The summed E-state index contributed by atoms with van der Waals surface area (Å²) in [6.45, 7) is 0.0184. The molecule has 0 radical (unpaired) electrons. The summed E-state index contributed by atoms with van der Waals surface area (Å²) >= 11 is 6.09. The molecule has 3 aromatic heterocycles. The summed E-state index contributed by atoms with van der Waals surface area (Å²) in [6, 6.07) is 5.30. The minimum absolute atomic E-state index is 0.0184. The maximum absolute atomic E-state index is 12.1. The molecule has 0 aromatic carbocycles. The van der Waals surface area contributed by atoms with Crippen molar-refractivity contribution in [2.45, 2.75) is 6.54 Å². The zero-order valence-corrected chi connectivity index (χ0v) is 12.7. The maximum Gasteiger partial charge on any atom is 0.262 e. The SMILES string of the molecule is O=C(Cn1cnc2sccc2c1=O)c1ccc(Br)s1. The standard InChI is InChI=1S/C12H7BrN2O2S2/c13-10-2-1-9(19-10)8(16)5-15-6-14-11-7(12(15)17)3-4-18-11/h1-4,6H,5H2. The Labute approximate surface area is 124 Å². The molecule has 0 bridgehead atoms. The number of hydrogen-bond acceptors (Lipinski definition) is 5. The molecule has 0 atom stereocenters. The molecule has 0 saturated heterocycles. The van der Waals surface area contributed by atoms with Crippen molar-refractivity contribution in [3.63, 3.8) is 0 Å². The summed E-state index contributed by atoms with van der Waals surface area (Å²) in [5, 5.41) is 2.38. The van der Waals surface area contributed by atoms with Gasteiger partial charge < -0.3 is 0 Å². The number of Topliss-reactive ketones (excluding diaryl/α,β-unsaturated/α-hetero) is 1. The third-order valence-corrected chi connectivity index (χ3v) is 5.10. The Morgan fingerprint density at radius 3 is 2.95 bits per heavy atom. The van der Waals surface area contributed by atoms with Crippen LogP contribution in [-0.2, 0) is 6.54 Å². The Balaban J connectivity index is 1.95. The molecule has 96 valence electrons. The van der Waals surface area contributed by atoms with Gasteiger partial charge in [0.05, 0.1) is 26.9 Å². The largest absolute Gasteiger partial charge is 0.291 e. The molecule has 0 aliphatic rings. The number of thiophene rings is 2. The van der Waals surface area contributed by atoms with E-state index in [4.69, 9.17) is 0 Å². The van der Waals surface area contributed by atoms with E-state index in [0.717, 1.165) is 3.79 Å². The van der Waals surface area contributed by atoms with E-state index in [0.29, 0.717) is 15.1 Å². The van der Waals surface area contributed by atoms with Crippen molar-refractivity contribution < 1.29 is 4.79 Å². The van der Waals surface area contributed by atoms with E-state index in [1.165, 1.54) is 33.6 Å². The molecular weight excluding hydrogens is 348 g/mol. The second-order valence-corrected chi connectivity index (χ2v) is 7.20. The van der Waals surface area contributed by atoms with Gasteiger partial charge in [0.15, 0.2) is 5.78 Å². The Hall–Kier alpha value is -1.31. The maximum atomic E-state index is 12.1. The average Bonchev–Trinajstić information content (AvgIpc) is 3.01. The molecule has 3 heterocycles. The summed E-state index contributed by atoms with van der Waals surface area (Å²) < 4.78 is 2.25. The average molecular weight is 355 g/mol. The third kappa shape index (κ3) is 2.41. The smallest absolute Gasteiger partial charge is 0.262 e. The number of fused-ring (bicyclic) bond motifs is 1. The normalized spacial score (nSPS) is 11.0. The van der Waals surface area contributed by atoms with Crippen LogP contribution in [0, 0.1) is 0 Å². The Bertz CT molecular complexity index is 818. The molecule has 0 spiro atoms. The Morgan fingerprint density at radius 1 is 1.37 bits per heavy atom. The second kappa shape index (κ2) is 4.99. The van der Waals surface area contributed by atoms with Crippen molar-refractivity contribution >= 4 is 54.6 Å². The molecule has 0 fully saturated rings. The lowest BCUT2D eigenvalue weighted by molar-refractivity contribution is 0.0974. The zero-order valence-electron chi connectivity index (χ0n) is 9.50. The van der Waals surface area contributed by atoms with Gasteiger partial charge in [0.2, 0.25) is 0 Å². The summed E-state index contributed by atoms with van der Waals surface area (Å²) in [5.41, 5.74) is -0.171. The van der Waals surface area contributed by atoms with E-state index < -0.39 is 0 Å². The first-order valence-electron chi connectivity index (χ1n) is 5.36. The number of carbonyl (C=O) groups excluding carboxylic acids is 1. The lowest BCUT2D eigenvalue weighted by Gasteiger charge is -2.02. The van der Waals surface area contributed by atoms with Gasteiger partial charge >= 0.3 is 0 Å². The van der Waals surface area contributed by atoms with Gasteiger partial charge in [-0.3, -0.25) is 14.2 Å². The van der Waals surface area contributed by atoms with Crippen LogP contribution in [-0.4, -0.2) is 15.3 Å². The van der Waals surface area contributed by atoms with Crippen LogP contribution in [0.2, 0.25) is 0 Å². The monoisotopic (exact) mass is 354 g/mol. The first-order valence-corrected chi connectivity index (χ1v) is 7.85. The van der Waals surface area contributed by atoms with Crippen molar-refractivity contribution in [3.8, 4) is 0 Å². The highest BCUT2D eigenvalue weighted by molar-refractivity contribution is 9.11. The summed E-state index contributed by atoms with van der Waals surface area (Å²) in [4.78, 5) is 29.7. The van der Waals surface area contributed by atoms with Crippen LogP contribution in [0.5, 0.6) is 0 Å². The van der Waals surface area contributed by atoms with Gasteiger partial charge in [-0.15, -0.1) is 22.7 Å². The molecular formula is C12H7BrN2O2S2. The molecule has 19 heavy (non-hydrogen) atoms. The van der Waals surface area contributed by atoms with Crippen LogP contribution in [0.15, 0.2) is 38.5 Å². The van der Waals surface area contributed by atoms with Gasteiger partial charge in [-0.1, -0.05) is 0 Å². The van der Waals surface area contributed by atoms with E-state index >= 15 is 0 Å². The number of nitrogens with zero attached hydrogens (tertiary/aromatic N) is 2. The molecule has 7 heteroatoms. The number of hydrogen-bond donors (Lipinski definition) is 0. The van der Waals surface area contributed by atoms with E-state index in [1.54, 1.807) is 12.1 Å². The van der Waals surface area contributed by atoms with E-state index in [2.05, 4.69) is 20.9 Å². The fraction of sp³-hybridized carbons (Fsp3) is 0.0833. The van der Waals surface area contributed by atoms with Crippen molar-refractivity contribution in [2.24, 2.45) is 0 Å². The molecule has 3 rings (SSSR count). The van der Waals surface area contributed by atoms with Gasteiger partial charge in [-0.2, -0.15) is 0 Å². The first kappa shape index (κ1) is 12.7. The first-order chi connectivity index (χ1) is 9.15. The van der Waals surface area contributed by atoms with E-state index in [-0.39, 0.29) is 17.9 Å². The molecule has 0 aliphatic heterocycles. The molecule has 0 N–H and O–H groups in total. The highest BCUT2D eigenvalue weighted by atomic mass is 79.9. The quantitative estimate of drug-likeness (QED) is 0.678. The molecule has 0 amide bonds. The van der Waals surface area contributed by atoms with Crippen molar-refractivity contribution in [1.29, 1.82) is 0 Å². The van der Waals surface area contributed by atoms with Crippen LogP contribution in [0.3, 0.4) is 0 Å². The molecule has 0 aliphatic carbocycles. The van der Waals surface area contributed by atoms with Gasteiger partial charge in [-0.25, -0.2) is 4.98 Å². The van der Waals surface area contributed by atoms with Crippen LogP contribution < -0.4 is 5.56 Å². The predicted molar refractivity (Wildman–Crippen MR) is 80.2 cm³/mol. The predicted octanol–water partition coefficient (Wildman–Crippen LogP) is 3.16. The number of ketones is 1. The highest BCUT2D eigenvalue weighted by Crippen LogP contribution is 2.22. The number of carbonyl (C=O) groups is 1. The molecule has 3 aromatic rings. The van der Waals surface area contributed by atoms with Crippen molar-refractivity contribution in [3.05, 3.63) is 48.9 Å². The summed E-state index contributed by atoms with van der Waals surface area (Å²) in [7, 11) is 0. The van der Waals surface area contributed by atoms with Crippen LogP contribution >= 0.6 is 38.6 Å². The molecule has 4 nitrogen and oxygen atoms in total. The Kier molecular flexibility index (Phi) is 3.34. The number of rotatable bonds is 3. The van der Waals surface area contributed by atoms with E-state index in [1.807, 2.05) is 11.4 Å². The topological polar surface area (TPSA) is 52.0 Å². The summed E-state index contributed by atoms with van der Waals surface area (Å²) in [5.74, 6) is -0.0887. The van der Waals surface area contributed by atoms with Gasteiger partial charge in [-0.05, 0) is 39.5 Å². The van der Waals surface area contributed by atoms with Gasteiger partial charge in [0.1, 0.15) is 4.83 Å². The minimum Gasteiger partial charge on any atom is -0.291 e. The lowest BCUT2D eigenvalue weighted by Crippen LogP contribution is -2.23. The zero-order chi connectivity index (χ0) is 13.4. The van der Waals surface area contributed by atoms with Gasteiger partial charge in [0.25, 0.3) is 5.56 Å². The van der Waals surface area contributed by atoms with Crippen LogP contribution in [0.25, 0.3) is 10.2 Å². The van der Waals surface area contributed by atoms with Gasteiger partial charge in [0, 0.05) is 0 Å². The highest BCUT2D eigenvalue weighted by Gasteiger charge is 2.12.